The second-order valence-electron chi connectivity index (χ2n) is 5.15. The number of rotatable bonds is 3. The summed E-state index contributed by atoms with van der Waals surface area (Å²) in [6.07, 6.45) is 3.15. The molecule has 2 amide bonds. The number of amides is 2. The van der Waals surface area contributed by atoms with Gasteiger partial charge in [0.1, 0.15) is 4.88 Å². The van der Waals surface area contributed by atoms with Gasteiger partial charge in [-0.05, 0) is 42.2 Å². The second kappa shape index (κ2) is 6.50. The zero-order chi connectivity index (χ0) is 15.5. The molecule has 2 aromatic rings. The van der Waals surface area contributed by atoms with Gasteiger partial charge in [-0.2, -0.15) is 11.3 Å². The van der Waals surface area contributed by atoms with Crippen LogP contribution in [0.15, 0.2) is 22.9 Å². The minimum atomic E-state index is -1.01. The van der Waals surface area contributed by atoms with Crippen LogP contribution in [0.25, 0.3) is 10.4 Å². The lowest BCUT2D eigenvalue weighted by molar-refractivity contribution is 0.0703. The van der Waals surface area contributed by atoms with Crippen molar-refractivity contribution in [3.05, 3.63) is 27.8 Å². The van der Waals surface area contributed by atoms with Crippen molar-refractivity contribution < 1.29 is 14.7 Å². The highest BCUT2D eigenvalue weighted by Gasteiger charge is 2.21. The largest absolute Gasteiger partial charge is 0.477 e. The number of hydrogen-bond acceptors (Lipinski definition) is 4. The molecule has 0 atom stereocenters. The molecule has 22 heavy (non-hydrogen) atoms. The Hall–Kier alpha value is -1.86. The lowest BCUT2D eigenvalue weighted by Crippen LogP contribution is -2.38. The number of nitrogens with one attached hydrogen (secondary N) is 1. The van der Waals surface area contributed by atoms with E-state index in [2.05, 4.69) is 5.32 Å². The van der Waals surface area contributed by atoms with E-state index in [1.807, 2.05) is 16.8 Å². The molecule has 3 heterocycles. The van der Waals surface area contributed by atoms with Crippen LogP contribution in [0, 0.1) is 0 Å². The SMILES string of the molecule is O=C(O)c1sc(-c2ccsc2)cc1NC(=O)N1CCCCC1. The number of carbonyl (C=O) groups excluding carboxylic acids is 1. The molecule has 0 spiro atoms. The summed E-state index contributed by atoms with van der Waals surface area (Å²) in [5.74, 6) is -1.01. The Labute approximate surface area is 136 Å². The molecule has 3 rings (SSSR count). The van der Waals surface area contributed by atoms with Gasteiger partial charge in [0.2, 0.25) is 0 Å². The van der Waals surface area contributed by atoms with Crippen molar-refractivity contribution in [1.82, 2.24) is 4.90 Å². The highest BCUT2D eigenvalue weighted by molar-refractivity contribution is 7.18. The van der Waals surface area contributed by atoms with E-state index in [1.165, 1.54) is 11.3 Å². The third-order valence-electron chi connectivity index (χ3n) is 3.62. The Kier molecular flexibility index (Phi) is 4.44. The fourth-order valence-electron chi connectivity index (χ4n) is 2.48. The number of carbonyl (C=O) groups is 2. The van der Waals surface area contributed by atoms with Crippen LogP contribution in [0.1, 0.15) is 28.9 Å². The lowest BCUT2D eigenvalue weighted by atomic mass is 10.1. The van der Waals surface area contributed by atoms with Gasteiger partial charge in [-0.3, -0.25) is 0 Å². The quantitative estimate of drug-likeness (QED) is 0.883. The van der Waals surface area contributed by atoms with Crippen molar-refractivity contribution in [1.29, 1.82) is 0 Å². The first-order valence-corrected chi connectivity index (χ1v) is 8.86. The molecule has 1 aliphatic heterocycles. The number of thiophene rings is 2. The normalized spacial score (nSPS) is 14.8. The molecule has 0 aliphatic carbocycles. The molecule has 0 saturated carbocycles. The summed E-state index contributed by atoms with van der Waals surface area (Å²) in [5, 5.41) is 16.0. The van der Waals surface area contributed by atoms with E-state index >= 15 is 0 Å². The molecule has 0 bridgehead atoms. The molecule has 0 aromatic carbocycles. The molecule has 1 saturated heterocycles. The number of urea groups is 1. The number of carboxylic acids is 1. The molecule has 7 heteroatoms. The summed E-state index contributed by atoms with van der Waals surface area (Å²) >= 11 is 2.75. The van der Waals surface area contributed by atoms with Gasteiger partial charge in [-0.1, -0.05) is 0 Å². The van der Waals surface area contributed by atoms with E-state index in [9.17, 15) is 14.7 Å². The standard InChI is InChI=1S/C15H16N2O3S2/c18-14(19)13-11(8-12(22-13)10-4-7-21-9-10)16-15(20)17-5-2-1-3-6-17/h4,7-9H,1-3,5-6H2,(H,16,20)(H,18,19). The van der Waals surface area contributed by atoms with E-state index in [-0.39, 0.29) is 10.9 Å². The van der Waals surface area contributed by atoms with Gasteiger partial charge in [0.05, 0.1) is 5.69 Å². The van der Waals surface area contributed by atoms with Crippen LogP contribution in [-0.2, 0) is 0 Å². The molecule has 0 radical (unpaired) electrons. The van der Waals surface area contributed by atoms with Gasteiger partial charge in [0.15, 0.2) is 0 Å². The van der Waals surface area contributed by atoms with Gasteiger partial charge >= 0.3 is 12.0 Å². The average molecular weight is 336 g/mol. The minimum absolute atomic E-state index is 0.173. The Balaban J connectivity index is 1.82. The van der Waals surface area contributed by atoms with Gasteiger partial charge in [-0.25, -0.2) is 9.59 Å². The lowest BCUT2D eigenvalue weighted by Gasteiger charge is -2.26. The number of hydrogen-bond donors (Lipinski definition) is 2. The molecule has 1 aliphatic rings. The number of nitrogens with zero attached hydrogens (tertiary/aromatic N) is 1. The number of likely N-dealkylation sites (tertiary alicyclic amines) is 1. The predicted molar refractivity (Wildman–Crippen MR) is 89.0 cm³/mol. The summed E-state index contributed by atoms with van der Waals surface area (Å²) in [6.45, 7) is 1.46. The van der Waals surface area contributed by atoms with Crippen LogP contribution in [0.5, 0.6) is 0 Å². The maximum atomic E-state index is 12.3. The minimum Gasteiger partial charge on any atom is -0.477 e. The molecule has 2 N–H and O–H groups in total. The highest BCUT2D eigenvalue weighted by atomic mass is 32.1. The monoisotopic (exact) mass is 336 g/mol. The Morgan fingerprint density at radius 3 is 2.64 bits per heavy atom. The summed E-state index contributed by atoms with van der Waals surface area (Å²) in [6, 6.07) is 3.48. The molecule has 0 unspecified atom stereocenters. The zero-order valence-electron chi connectivity index (χ0n) is 11.9. The van der Waals surface area contributed by atoms with Crippen LogP contribution >= 0.6 is 22.7 Å². The Bertz CT molecular complexity index is 673. The summed E-state index contributed by atoms with van der Waals surface area (Å²) in [5.41, 5.74) is 1.37. The van der Waals surface area contributed by atoms with Gasteiger partial charge in [0.25, 0.3) is 0 Å². The van der Waals surface area contributed by atoms with Crippen LogP contribution in [0.2, 0.25) is 0 Å². The first-order chi connectivity index (χ1) is 10.6. The van der Waals surface area contributed by atoms with Crippen molar-refractivity contribution in [3.8, 4) is 10.4 Å². The second-order valence-corrected chi connectivity index (χ2v) is 6.98. The smallest absolute Gasteiger partial charge is 0.348 e. The van der Waals surface area contributed by atoms with Crippen molar-refractivity contribution in [2.24, 2.45) is 0 Å². The molecular weight excluding hydrogens is 320 g/mol. The van der Waals surface area contributed by atoms with E-state index in [4.69, 9.17) is 0 Å². The maximum absolute atomic E-state index is 12.3. The van der Waals surface area contributed by atoms with Gasteiger partial charge in [0, 0.05) is 23.5 Å². The molecular formula is C15H16N2O3S2. The Morgan fingerprint density at radius 1 is 1.23 bits per heavy atom. The zero-order valence-corrected chi connectivity index (χ0v) is 13.5. The van der Waals surface area contributed by atoms with Crippen LogP contribution in [0.4, 0.5) is 10.5 Å². The van der Waals surface area contributed by atoms with Crippen molar-refractivity contribution in [3.63, 3.8) is 0 Å². The fourth-order valence-corrected chi connectivity index (χ4v) is 4.16. The third-order valence-corrected chi connectivity index (χ3v) is 5.47. The summed E-state index contributed by atoms with van der Waals surface area (Å²) in [7, 11) is 0. The Morgan fingerprint density at radius 2 is 2.00 bits per heavy atom. The molecule has 2 aromatic heterocycles. The van der Waals surface area contributed by atoms with Crippen LogP contribution < -0.4 is 5.32 Å². The molecule has 5 nitrogen and oxygen atoms in total. The van der Waals surface area contributed by atoms with Crippen molar-refractivity contribution in [2.45, 2.75) is 19.3 Å². The van der Waals surface area contributed by atoms with E-state index in [0.29, 0.717) is 5.69 Å². The average Bonchev–Trinajstić information content (AvgIpc) is 3.17. The predicted octanol–water partition coefficient (Wildman–Crippen LogP) is 4.19. The van der Waals surface area contributed by atoms with Gasteiger partial charge in [-0.15, -0.1) is 11.3 Å². The van der Waals surface area contributed by atoms with Crippen LogP contribution in [0.3, 0.4) is 0 Å². The maximum Gasteiger partial charge on any atom is 0.348 e. The number of carboxylic acid groups (broad SMARTS) is 1. The number of piperidine rings is 1. The summed E-state index contributed by atoms with van der Waals surface area (Å²) < 4.78 is 0. The molecule has 116 valence electrons. The van der Waals surface area contributed by atoms with Crippen molar-refractivity contribution in [2.75, 3.05) is 18.4 Å². The van der Waals surface area contributed by atoms with E-state index < -0.39 is 5.97 Å². The first-order valence-electron chi connectivity index (χ1n) is 7.11. The highest BCUT2D eigenvalue weighted by Crippen LogP contribution is 2.36. The van der Waals surface area contributed by atoms with Crippen molar-refractivity contribution >= 4 is 40.4 Å². The third kappa shape index (κ3) is 3.15. The topological polar surface area (TPSA) is 69.6 Å². The first kappa shape index (κ1) is 15.1. The fraction of sp³-hybridized carbons (Fsp3) is 0.333. The summed E-state index contributed by atoms with van der Waals surface area (Å²) in [4.78, 5) is 26.5. The van der Waals surface area contributed by atoms with E-state index in [0.717, 1.165) is 42.8 Å². The molecule has 1 fully saturated rings. The van der Waals surface area contributed by atoms with Crippen LogP contribution in [-0.4, -0.2) is 35.1 Å². The number of aromatic carboxylic acids is 1. The van der Waals surface area contributed by atoms with E-state index in [1.54, 1.807) is 22.3 Å². The number of anilines is 1. The van der Waals surface area contributed by atoms with Gasteiger partial charge < -0.3 is 15.3 Å².